The Balaban J connectivity index is 2.60. The second kappa shape index (κ2) is 5.75. The molecule has 5 heteroatoms. The number of hydrogen-bond donors (Lipinski definition) is 0. The number of nitrogens with zero attached hydrogens (tertiary/aromatic N) is 1. The second-order valence-corrected chi connectivity index (χ2v) is 4.67. The van der Waals surface area contributed by atoms with Gasteiger partial charge in [-0.3, -0.25) is 9.59 Å². The Kier molecular flexibility index (Phi) is 4.03. The third-order valence-corrected chi connectivity index (χ3v) is 3.03. The Hall–Kier alpha value is -2.69. The zero-order valence-electron chi connectivity index (χ0n) is 12.0. The molecular weight excluding hydrogens is 270 g/mol. The Labute approximate surface area is 121 Å². The number of hydrogen-bond acceptors (Lipinski definition) is 4. The molecule has 0 bridgehead atoms. The summed E-state index contributed by atoms with van der Waals surface area (Å²) in [6, 6.07) is 10.8. The van der Waals surface area contributed by atoms with E-state index >= 15 is 0 Å². The van der Waals surface area contributed by atoms with Crippen LogP contribution in [0.5, 0.6) is 0 Å². The van der Waals surface area contributed by atoms with E-state index in [0.717, 1.165) is 10.5 Å². The molecule has 1 aromatic carbocycles. The smallest absolute Gasteiger partial charge is 0.361 e. The minimum absolute atomic E-state index is 0.0327. The van der Waals surface area contributed by atoms with Gasteiger partial charge in [-0.2, -0.15) is 0 Å². The minimum atomic E-state index is -0.709. The molecule has 1 heterocycles. The molecule has 21 heavy (non-hydrogen) atoms. The first-order valence-corrected chi connectivity index (χ1v) is 6.43. The van der Waals surface area contributed by atoms with Gasteiger partial charge >= 0.3 is 5.63 Å². The second-order valence-electron chi connectivity index (χ2n) is 4.67. The topological polar surface area (TPSA) is 67.6 Å². The average molecular weight is 285 g/mol. The molecule has 2 amide bonds. The van der Waals surface area contributed by atoms with Gasteiger partial charge in [0.25, 0.3) is 0 Å². The van der Waals surface area contributed by atoms with Crippen LogP contribution in [0.2, 0.25) is 0 Å². The van der Waals surface area contributed by atoms with Crippen LogP contribution in [0.4, 0.5) is 5.69 Å². The van der Waals surface area contributed by atoms with Crippen molar-refractivity contribution in [2.24, 2.45) is 0 Å². The highest BCUT2D eigenvalue weighted by Gasteiger charge is 2.23. The molecule has 5 nitrogen and oxygen atoms in total. The molecule has 108 valence electrons. The van der Waals surface area contributed by atoms with E-state index in [-0.39, 0.29) is 5.69 Å². The van der Waals surface area contributed by atoms with Crippen LogP contribution < -0.4 is 10.5 Å². The molecule has 2 aromatic rings. The number of benzene rings is 1. The molecule has 0 aliphatic carbocycles. The van der Waals surface area contributed by atoms with Gasteiger partial charge in [0.1, 0.15) is 11.4 Å². The third-order valence-electron chi connectivity index (χ3n) is 3.03. The van der Waals surface area contributed by atoms with Gasteiger partial charge in [0.05, 0.1) is 0 Å². The highest BCUT2D eigenvalue weighted by atomic mass is 16.4. The van der Waals surface area contributed by atoms with E-state index in [9.17, 15) is 14.4 Å². The minimum Gasteiger partial charge on any atom is -0.421 e. The van der Waals surface area contributed by atoms with Crippen LogP contribution in [-0.4, -0.2) is 11.8 Å². The SMILES string of the molecule is CC(=O)N(C(C)=O)c1c(C)cc(-c2ccccc2)oc1=O. The predicted octanol–water partition coefficient (Wildman–Crippen LogP) is 2.51. The molecule has 0 radical (unpaired) electrons. The fraction of sp³-hybridized carbons (Fsp3) is 0.188. The molecule has 1 aromatic heterocycles. The molecule has 0 saturated carbocycles. The maximum atomic E-state index is 12.2. The summed E-state index contributed by atoms with van der Waals surface area (Å²) >= 11 is 0. The highest BCUT2D eigenvalue weighted by molar-refractivity contribution is 6.13. The van der Waals surface area contributed by atoms with E-state index in [1.54, 1.807) is 13.0 Å². The van der Waals surface area contributed by atoms with Crippen LogP contribution in [0, 0.1) is 6.92 Å². The molecule has 0 saturated heterocycles. The van der Waals surface area contributed by atoms with Gasteiger partial charge < -0.3 is 4.42 Å². The van der Waals surface area contributed by atoms with Crippen molar-refractivity contribution in [2.75, 3.05) is 4.90 Å². The van der Waals surface area contributed by atoms with Crippen molar-refractivity contribution < 1.29 is 14.0 Å². The Morgan fingerprint density at radius 3 is 2.10 bits per heavy atom. The average Bonchev–Trinajstić information content (AvgIpc) is 2.42. The van der Waals surface area contributed by atoms with Gasteiger partial charge in [-0.05, 0) is 18.6 Å². The van der Waals surface area contributed by atoms with Gasteiger partial charge in [-0.15, -0.1) is 0 Å². The molecule has 0 aliphatic heterocycles. The molecule has 2 rings (SSSR count). The summed E-state index contributed by atoms with van der Waals surface area (Å²) < 4.78 is 5.25. The van der Waals surface area contributed by atoms with Gasteiger partial charge in [-0.25, -0.2) is 9.69 Å². The number of rotatable bonds is 2. The van der Waals surface area contributed by atoms with Crippen molar-refractivity contribution in [1.82, 2.24) is 0 Å². The van der Waals surface area contributed by atoms with Gasteiger partial charge in [0.15, 0.2) is 0 Å². The first kappa shape index (κ1) is 14.7. The van der Waals surface area contributed by atoms with Crippen LogP contribution in [0.25, 0.3) is 11.3 Å². The summed E-state index contributed by atoms with van der Waals surface area (Å²) in [5.74, 6) is -0.648. The van der Waals surface area contributed by atoms with E-state index in [1.165, 1.54) is 13.8 Å². The maximum Gasteiger partial charge on any atom is 0.361 e. The number of aryl methyl sites for hydroxylation is 1. The molecule has 0 fully saturated rings. The fourth-order valence-electron chi connectivity index (χ4n) is 2.15. The quantitative estimate of drug-likeness (QED) is 0.850. The number of carbonyl (C=O) groups excluding carboxylic acids is 2. The zero-order valence-corrected chi connectivity index (χ0v) is 12.0. The van der Waals surface area contributed by atoms with E-state index in [2.05, 4.69) is 0 Å². The summed E-state index contributed by atoms with van der Waals surface area (Å²) in [5, 5.41) is 0. The van der Waals surface area contributed by atoms with E-state index in [1.807, 2.05) is 30.3 Å². The molecule has 0 atom stereocenters. The highest BCUT2D eigenvalue weighted by Crippen LogP contribution is 2.23. The van der Waals surface area contributed by atoms with E-state index in [0.29, 0.717) is 11.3 Å². The van der Waals surface area contributed by atoms with Crippen LogP contribution in [0.3, 0.4) is 0 Å². The summed E-state index contributed by atoms with van der Waals surface area (Å²) in [6.45, 7) is 4.12. The van der Waals surface area contributed by atoms with E-state index < -0.39 is 17.4 Å². The summed E-state index contributed by atoms with van der Waals surface area (Å²) in [4.78, 5) is 36.1. The van der Waals surface area contributed by atoms with Gasteiger partial charge in [0, 0.05) is 19.4 Å². The van der Waals surface area contributed by atoms with Crippen molar-refractivity contribution in [3.8, 4) is 11.3 Å². The number of anilines is 1. The fourth-order valence-corrected chi connectivity index (χ4v) is 2.15. The Morgan fingerprint density at radius 2 is 1.62 bits per heavy atom. The lowest BCUT2D eigenvalue weighted by molar-refractivity contribution is -0.124. The van der Waals surface area contributed by atoms with Crippen molar-refractivity contribution in [1.29, 1.82) is 0 Å². The number of imide groups is 1. The van der Waals surface area contributed by atoms with Crippen molar-refractivity contribution in [3.05, 3.63) is 52.4 Å². The monoisotopic (exact) mass is 285 g/mol. The number of carbonyl (C=O) groups is 2. The third kappa shape index (κ3) is 2.91. The van der Waals surface area contributed by atoms with Crippen LogP contribution >= 0.6 is 0 Å². The van der Waals surface area contributed by atoms with Crippen LogP contribution in [0.1, 0.15) is 19.4 Å². The Morgan fingerprint density at radius 1 is 1.05 bits per heavy atom. The molecule has 0 unspecified atom stereocenters. The Bertz CT molecular complexity index is 733. The largest absolute Gasteiger partial charge is 0.421 e. The maximum absolute atomic E-state index is 12.2. The summed E-state index contributed by atoms with van der Waals surface area (Å²) in [5.41, 5.74) is 0.519. The molecule has 0 N–H and O–H groups in total. The number of amides is 2. The lowest BCUT2D eigenvalue weighted by atomic mass is 10.1. The standard InChI is InChI=1S/C16H15NO4/c1-10-9-14(13-7-5-4-6-8-13)21-16(20)15(10)17(11(2)18)12(3)19/h4-9H,1-3H3. The van der Waals surface area contributed by atoms with Crippen LogP contribution in [-0.2, 0) is 9.59 Å². The van der Waals surface area contributed by atoms with Crippen molar-refractivity contribution >= 4 is 17.5 Å². The molecule has 0 spiro atoms. The lowest BCUT2D eigenvalue weighted by Gasteiger charge is -2.18. The van der Waals surface area contributed by atoms with Gasteiger partial charge in [0.2, 0.25) is 11.8 Å². The van der Waals surface area contributed by atoms with Crippen LogP contribution in [0.15, 0.2) is 45.6 Å². The lowest BCUT2D eigenvalue weighted by Crippen LogP contribution is -2.37. The normalized spacial score (nSPS) is 10.2. The molecular formula is C16H15NO4. The van der Waals surface area contributed by atoms with Crippen molar-refractivity contribution in [2.45, 2.75) is 20.8 Å². The first-order chi connectivity index (χ1) is 9.91. The van der Waals surface area contributed by atoms with E-state index in [4.69, 9.17) is 4.42 Å². The summed E-state index contributed by atoms with van der Waals surface area (Å²) in [6.07, 6.45) is 0. The zero-order chi connectivity index (χ0) is 15.6. The predicted molar refractivity (Wildman–Crippen MR) is 79.0 cm³/mol. The molecule has 0 aliphatic rings. The van der Waals surface area contributed by atoms with Crippen molar-refractivity contribution in [3.63, 3.8) is 0 Å². The van der Waals surface area contributed by atoms with Gasteiger partial charge in [-0.1, -0.05) is 30.3 Å². The summed E-state index contributed by atoms with van der Waals surface area (Å²) in [7, 11) is 0. The first-order valence-electron chi connectivity index (χ1n) is 6.43.